The van der Waals surface area contributed by atoms with Crippen LogP contribution in [-0.2, 0) is 0 Å². The molecule has 0 aromatic heterocycles. The van der Waals surface area contributed by atoms with Crippen LogP contribution >= 0.6 is 0 Å². The first-order valence-electron chi connectivity index (χ1n) is 4.78. The van der Waals surface area contributed by atoms with E-state index in [1.807, 2.05) is 0 Å². The number of alkyl halides is 1. The maximum Gasteiger partial charge on any atom is 0.122 e. The van der Waals surface area contributed by atoms with Crippen molar-refractivity contribution in [3.63, 3.8) is 0 Å². The molecule has 0 saturated carbocycles. The molecule has 2 fully saturated rings. The Morgan fingerprint density at radius 3 is 2.75 bits per heavy atom. The molecule has 0 aromatic rings. The zero-order chi connectivity index (χ0) is 8.60. The van der Waals surface area contributed by atoms with Crippen molar-refractivity contribution >= 4 is 0 Å². The molecule has 0 unspecified atom stereocenters. The third-order valence-corrected chi connectivity index (χ3v) is 2.89. The lowest BCUT2D eigenvalue weighted by Crippen LogP contribution is -2.48. The molecule has 2 saturated heterocycles. The average Bonchev–Trinajstić information content (AvgIpc) is 2.21. The number of halogens is 1. The standard InChI is InChI=1S/C9H17FN2/c1-9(10)2-3-12(7-9)6-8-4-11-5-8/h8,11H,2-7H2,1H3/t9-/m1/s1. The Hall–Kier alpha value is -0.150. The van der Waals surface area contributed by atoms with Gasteiger partial charge in [-0.15, -0.1) is 0 Å². The van der Waals surface area contributed by atoms with Crippen molar-refractivity contribution in [2.75, 3.05) is 32.7 Å². The van der Waals surface area contributed by atoms with E-state index >= 15 is 0 Å². The fraction of sp³-hybridized carbons (Fsp3) is 1.00. The number of likely N-dealkylation sites (tertiary alicyclic amines) is 1. The third-order valence-electron chi connectivity index (χ3n) is 2.89. The molecule has 0 aliphatic carbocycles. The van der Waals surface area contributed by atoms with E-state index in [1.54, 1.807) is 6.92 Å². The molecule has 2 aliphatic rings. The Morgan fingerprint density at radius 1 is 1.58 bits per heavy atom. The summed E-state index contributed by atoms with van der Waals surface area (Å²) >= 11 is 0. The van der Waals surface area contributed by atoms with Crippen LogP contribution in [0.4, 0.5) is 4.39 Å². The lowest BCUT2D eigenvalue weighted by molar-refractivity contribution is 0.167. The first kappa shape index (κ1) is 8.45. The smallest absolute Gasteiger partial charge is 0.122 e. The fourth-order valence-corrected chi connectivity index (χ4v) is 2.01. The minimum atomic E-state index is -0.919. The summed E-state index contributed by atoms with van der Waals surface area (Å²) in [5, 5.41) is 3.24. The molecule has 0 bridgehead atoms. The van der Waals surface area contributed by atoms with E-state index in [1.165, 1.54) is 0 Å². The summed E-state index contributed by atoms with van der Waals surface area (Å²) in [6.07, 6.45) is 0.715. The van der Waals surface area contributed by atoms with Crippen LogP contribution in [0.3, 0.4) is 0 Å². The van der Waals surface area contributed by atoms with Crippen LogP contribution in [0, 0.1) is 5.92 Å². The molecule has 3 heteroatoms. The molecule has 0 amide bonds. The van der Waals surface area contributed by atoms with Gasteiger partial charge in [-0.2, -0.15) is 0 Å². The monoisotopic (exact) mass is 172 g/mol. The average molecular weight is 172 g/mol. The van der Waals surface area contributed by atoms with Gasteiger partial charge in [0.15, 0.2) is 0 Å². The van der Waals surface area contributed by atoms with Crippen LogP contribution in [0.25, 0.3) is 0 Å². The second kappa shape index (κ2) is 2.96. The lowest BCUT2D eigenvalue weighted by atomic mass is 10.0. The maximum atomic E-state index is 13.4. The van der Waals surface area contributed by atoms with Crippen molar-refractivity contribution in [1.29, 1.82) is 0 Å². The van der Waals surface area contributed by atoms with Crippen LogP contribution in [0.5, 0.6) is 0 Å². The van der Waals surface area contributed by atoms with Crippen molar-refractivity contribution in [2.24, 2.45) is 5.92 Å². The Kier molecular flexibility index (Phi) is 2.09. The van der Waals surface area contributed by atoms with Crippen molar-refractivity contribution < 1.29 is 4.39 Å². The van der Waals surface area contributed by atoms with E-state index in [4.69, 9.17) is 0 Å². The van der Waals surface area contributed by atoms with Gasteiger partial charge in [0, 0.05) is 32.7 Å². The van der Waals surface area contributed by atoms with Gasteiger partial charge < -0.3 is 5.32 Å². The van der Waals surface area contributed by atoms with Crippen molar-refractivity contribution in [2.45, 2.75) is 19.0 Å². The van der Waals surface area contributed by atoms with Gasteiger partial charge in [-0.05, 0) is 19.3 Å². The predicted octanol–water partition coefficient (Wildman–Crippen LogP) is 0.640. The number of rotatable bonds is 2. The molecule has 2 nitrogen and oxygen atoms in total. The first-order valence-corrected chi connectivity index (χ1v) is 4.78. The van der Waals surface area contributed by atoms with Crippen molar-refractivity contribution in [3.8, 4) is 0 Å². The molecule has 2 heterocycles. The summed E-state index contributed by atoms with van der Waals surface area (Å²) in [6, 6.07) is 0. The molecule has 1 N–H and O–H groups in total. The largest absolute Gasteiger partial charge is 0.316 e. The molecule has 0 aromatic carbocycles. The minimum absolute atomic E-state index is 0.642. The van der Waals surface area contributed by atoms with Gasteiger partial charge in [-0.1, -0.05) is 0 Å². The number of nitrogens with one attached hydrogen (secondary N) is 1. The molecular formula is C9H17FN2. The highest BCUT2D eigenvalue weighted by Crippen LogP contribution is 2.25. The minimum Gasteiger partial charge on any atom is -0.316 e. The normalized spacial score (nSPS) is 38.5. The molecule has 2 rings (SSSR count). The predicted molar refractivity (Wildman–Crippen MR) is 46.9 cm³/mol. The first-order chi connectivity index (χ1) is 5.66. The van der Waals surface area contributed by atoms with Crippen molar-refractivity contribution in [1.82, 2.24) is 10.2 Å². The second-order valence-corrected chi connectivity index (χ2v) is 4.42. The van der Waals surface area contributed by atoms with E-state index in [9.17, 15) is 4.39 Å². The summed E-state index contributed by atoms with van der Waals surface area (Å²) in [5.41, 5.74) is -0.919. The molecule has 2 aliphatic heterocycles. The molecule has 12 heavy (non-hydrogen) atoms. The summed E-state index contributed by atoms with van der Waals surface area (Å²) in [4.78, 5) is 2.26. The number of hydrogen-bond acceptors (Lipinski definition) is 2. The molecule has 1 atom stereocenters. The Bertz CT molecular complexity index is 166. The Morgan fingerprint density at radius 2 is 2.33 bits per heavy atom. The maximum absolute atomic E-state index is 13.4. The van der Waals surface area contributed by atoms with Crippen LogP contribution in [0.15, 0.2) is 0 Å². The van der Waals surface area contributed by atoms with Crippen molar-refractivity contribution in [3.05, 3.63) is 0 Å². The highest BCUT2D eigenvalue weighted by atomic mass is 19.1. The molecule has 0 radical (unpaired) electrons. The molecule has 0 spiro atoms. The topological polar surface area (TPSA) is 15.3 Å². The van der Waals surface area contributed by atoms with E-state index in [-0.39, 0.29) is 0 Å². The highest BCUT2D eigenvalue weighted by molar-refractivity contribution is 4.89. The van der Waals surface area contributed by atoms with E-state index < -0.39 is 5.67 Å². The zero-order valence-corrected chi connectivity index (χ0v) is 7.65. The lowest BCUT2D eigenvalue weighted by Gasteiger charge is -2.31. The van der Waals surface area contributed by atoms with Gasteiger partial charge in [-0.3, -0.25) is 4.90 Å². The van der Waals surface area contributed by atoms with Gasteiger partial charge in [0.25, 0.3) is 0 Å². The quantitative estimate of drug-likeness (QED) is 0.657. The van der Waals surface area contributed by atoms with E-state index in [2.05, 4.69) is 10.2 Å². The second-order valence-electron chi connectivity index (χ2n) is 4.42. The van der Waals surface area contributed by atoms with Gasteiger partial charge >= 0.3 is 0 Å². The van der Waals surface area contributed by atoms with Crippen LogP contribution in [-0.4, -0.2) is 43.3 Å². The SMILES string of the molecule is C[C@@]1(F)CCN(CC2CNC2)C1. The Labute approximate surface area is 73.1 Å². The van der Waals surface area contributed by atoms with Gasteiger partial charge in [0.2, 0.25) is 0 Å². The summed E-state index contributed by atoms with van der Waals surface area (Å²) in [7, 11) is 0. The summed E-state index contributed by atoms with van der Waals surface area (Å²) in [6.45, 7) is 6.64. The van der Waals surface area contributed by atoms with E-state index in [0.29, 0.717) is 13.0 Å². The van der Waals surface area contributed by atoms with Crippen LogP contribution in [0.2, 0.25) is 0 Å². The van der Waals surface area contributed by atoms with Crippen LogP contribution < -0.4 is 5.32 Å². The number of nitrogens with zero attached hydrogens (tertiary/aromatic N) is 1. The summed E-state index contributed by atoms with van der Waals surface area (Å²) < 4.78 is 13.4. The molecule has 70 valence electrons. The zero-order valence-electron chi connectivity index (χ0n) is 7.65. The van der Waals surface area contributed by atoms with Gasteiger partial charge in [0.05, 0.1) is 0 Å². The fourth-order valence-electron chi connectivity index (χ4n) is 2.01. The van der Waals surface area contributed by atoms with Gasteiger partial charge in [-0.25, -0.2) is 4.39 Å². The third kappa shape index (κ3) is 1.77. The highest BCUT2D eigenvalue weighted by Gasteiger charge is 2.34. The number of hydrogen-bond donors (Lipinski definition) is 1. The van der Waals surface area contributed by atoms with Crippen LogP contribution in [0.1, 0.15) is 13.3 Å². The van der Waals surface area contributed by atoms with E-state index in [0.717, 1.165) is 32.1 Å². The van der Waals surface area contributed by atoms with Gasteiger partial charge in [0.1, 0.15) is 5.67 Å². The Balaban J connectivity index is 1.75. The molecular weight excluding hydrogens is 155 g/mol. The summed E-state index contributed by atoms with van der Waals surface area (Å²) in [5.74, 6) is 0.777.